The number of hydrogen-bond donors (Lipinski definition) is 1. The molecule has 5 nitrogen and oxygen atoms in total. The lowest BCUT2D eigenvalue weighted by molar-refractivity contribution is -0.113. The fourth-order valence-electron chi connectivity index (χ4n) is 3.37. The summed E-state index contributed by atoms with van der Waals surface area (Å²) in [7, 11) is 0. The summed E-state index contributed by atoms with van der Waals surface area (Å²) in [6, 6.07) is 26.1. The van der Waals surface area contributed by atoms with Gasteiger partial charge in [0.2, 0.25) is 5.91 Å². The van der Waals surface area contributed by atoms with E-state index in [1.165, 1.54) is 17.3 Å². The molecule has 6 heteroatoms. The van der Waals surface area contributed by atoms with Crippen LogP contribution in [0.5, 0.6) is 0 Å². The molecule has 0 aliphatic carbocycles. The Bertz CT molecular complexity index is 1170. The van der Waals surface area contributed by atoms with E-state index in [1.807, 2.05) is 71.3 Å². The van der Waals surface area contributed by atoms with Gasteiger partial charge in [0, 0.05) is 23.4 Å². The van der Waals surface area contributed by atoms with Gasteiger partial charge < -0.3 is 9.88 Å². The van der Waals surface area contributed by atoms with Gasteiger partial charge in [-0.15, -0.1) is 10.2 Å². The highest BCUT2D eigenvalue weighted by Gasteiger charge is 2.15. The molecule has 156 valence electrons. The molecule has 4 aromatic rings. The molecule has 0 aliphatic rings. The van der Waals surface area contributed by atoms with Crippen LogP contribution in [0.2, 0.25) is 0 Å². The number of nitrogens with zero attached hydrogens (tertiary/aromatic N) is 3. The molecule has 0 saturated carbocycles. The van der Waals surface area contributed by atoms with Crippen LogP contribution in [0.15, 0.2) is 84.0 Å². The minimum absolute atomic E-state index is 0.0732. The predicted octanol–water partition coefficient (Wildman–Crippen LogP) is 5.67. The van der Waals surface area contributed by atoms with Crippen LogP contribution >= 0.6 is 11.8 Å². The zero-order valence-electron chi connectivity index (χ0n) is 17.6. The Balaban J connectivity index is 1.46. The molecule has 0 aliphatic heterocycles. The maximum atomic E-state index is 12.7. The number of benzene rings is 3. The van der Waals surface area contributed by atoms with E-state index < -0.39 is 0 Å². The van der Waals surface area contributed by atoms with Crippen LogP contribution in [0.25, 0.3) is 22.5 Å². The van der Waals surface area contributed by atoms with Crippen molar-refractivity contribution in [3.63, 3.8) is 0 Å². The Morgan fingerprint density at radius 3 is 2.35 bits per heavy atom. The first-order valence-corrected chi connectivity index (χ1v) is 11.2. The summed E-state index contributed by atoms with van der Waals surface area (Å²) in [5.41, 5.74) is 5.09. The van der Waals surface area contributed by atoms with E-state index in [0.717, 1.165) is 39.9 Å². The average Bonchev–Trinajstić information content (AvgIpc) is 3.22. The maximum absolute atomic E-state index is 12.7. The van der Waals surface area contributed by atoms with Crippen molar-refractivity contribution in [1.29, 1.82) is 0 Å². The van der Waals surface area contributed by atoms with Gasteiger partial charge >= 0.3 is 0 Å². The Kier molecular flexibility index (Phi) is 6.48. The molecule has 0 spiro atoms. The summed E-state index contributed by atoms with van der Waals surface area (Å²) >= 11 is 1.40. The van der Waals surface area contributed by atoms with Crippen molar-refractivity contribution in [1.82, 2.24) is 14.8 Å². The molecule has 0 radical (unpaired) electrons. The molecule has 1 heterocycles. The predicted molar refractivity (Wildman–Crippen MR) is 127 cm³/mol. The van der Waals surface area contributed by atoms with Crippen molar-refractivity contribution in [2.75, 3.05) is 11.1 Å². The lowest BCUT2D eigenvalue weighted by Gasteiger charge is -2.11. The van der Waals surface area contributed by atoms with Crippen molar-refractivity contribution in [2.24, 2.45) is 0 Å². The number of hydrogen-bond acceptors (Lipinski definition) is 4. The highest BCUT2D eigenvalue weighted by molar-refractivity contribution is 7.99. The van der Waals surface area contributed by atoms with Gasteiger partial charge in [0.1, 0.15) is 0 Å². The molecule has 0 saturated heterocycles. The van der Waals surface area contributed by atoms with Crippen molar-refractivity contribution in [3.05, 3.63) is 84.4 Å². The number of rotatable bonds is 7. The second-order valence-electron chi connectivity index (χ2n) is 7.16. The molecule has 0 fully saturated rings. The van der Waals surface area contributed by atoms with Gasteiger partial charge in [0.15, 0.2) is 11.0 Å². The molecule has 31 heavy (non-hydrogen) atoms. The van der Waals surface area contributed by atoms with Gasteiger partial charge in [-0.05, 0) is 25.5 Å². The van der Waals surface area contributed by atoms with E-state index in [-0.39, 0.29) is 11.7 Å². The SMILES string of the molecule is CCn1c(SCC(=O)Nc2ccccc2-c2ccccc2)nnc1-c1ccc(C)cc1. The number of carbonyl (C=O) groups is 1. The normalized spacial score (nSPS) is 10.8. The van der Waals surface area contributed by atoms with Gasteiger partial charge in [0.25, 0.3) is 0 Å². The van der Waals surface area contributed by atoms with Gasteiger partial charge in [-0.25, -0.2) is 0 Å². The number of anilines is 1. The molecule has 1 amide bonds. The van der Waals surface area contributed by atoms with Crippen molar-refractivity contribution in [3.8, 4) is 22.5 Å². The second-order valence-corrected chi connectivity index (χ2v) is 8.11. The lowest BCUT2D eigenvalue weighted by atomic mass is 10.0. The first-order valence-electron chi connectivity index (χ1n) is 10.2. The minimum atomic E-state index is -0.0732. The van der Waals surface area contributed by atoms with Crippen LogP contribution in [0.4, 0.5) is 5.69 Å². The van der Waals surface area contributed by atoms with Crippen molar-refractivity contribution < 1.29 is 4.79 Å². The zero-order valence-corrected chi connectivity index (χ0v) is 18.4. The smallest absolute Gasteiger partial charge is 0.234 e. The maximum Gasteiger partial charge on any atom is 0.234 e. The number of nitrogens with one attached hydrogen (secondary N) is 1. The fraction of sp³-hybridized carbons (Fsp3) is 0.160. The van der Waals surface area contributed by atoms with Gasteiger partial charge in [-0.3, -0.25) is 4.79 Å². The fourth-order valence-corrected chi connectivity index (χ4v) is 4.18. The third-order valence-corrected chi connectivity index (χ3v) is 5.93. The van der Waals surface area contributed by atoms with Crippen LogP contribution in [-0.4, -0.2) is 26.4 Å². The van der Waals surface area contributed by atoms with Crippen molar-refractivity contribution >= 4 is 23.4 Å². The van der Waals surface area contributed by atoms with Crippen LogP contribution in [0, 0.1) is 6.92 Å². The van der Waals surface area contributed by atoms with Gasteiger partial charge in [-0.1, -0.05) is 90.1 Å². The number of para-hydroxylation sites is 1. The zero-order chi connectivity index (χ0) is 21.6. The van der Waals surface area contributed by atoms with E-state index in [1.54, 1.807) is 0 Å². The van der Waals surface area contributed by atoms with Gasteiger partial charge in [-0.2, -0.15) is 0 Å². The largest absolute Gasteiger partial charge is 0.325 e. The minimum Gasteiger partial charge on any atom is -0.325 e. The summed E-state index contributed by atoms with van der Waals surface area (Å²) in [4.78, 5) is 12.7. The molecule has 3 aromatic carbocycles. The molecular weight excluding hydrogens is 404 g/mol. The Labute approximate surface area is 186 Å². The average molecular weight is 429 g/mol. The highest BCUT2D eigenvalue weighted by Crippen LogP contribution is 2.28. The van der Waals surface area contributed by atoms with Gasteiger partial charge in [0.05, 0.1) is 5.75 Å². The Morgan fingerprint density at radius 1 is 0.903 bits per heavy atom. The molecule has 0 unspecified atom stereocenters. The number of aryl methyl sites for hydroxylation is 1. The second kappa shape index (κ2) is 9.62. The molecule has 1 aromatic heterocycles. The van der Waals surface area contributed by atoms with Crippen molar-refractivity contribution in [2.45, 2.75) is 25.5 Å². The molecule has 1 N–H and O–H groups in total. The third-order valence-electron chi connectivity index (χ3n) is 4.96. The number of thioether (sulfide) groups is 1. The summed E-state index contributed by atoms with van der Waals surface area (Å²) in [5.74, 6) is 1.01. The number of aromatic nitrogens is 3. The summed E-state index contributed by atoms with van der Waals surface area (Å²) in [6.07, 6.45) is 0. The number of carbonyl (C=O) groups excluding carboxylic acids is 1. The first-order chi connectivity index (χ1) is 15.2. The van der Waals surface area contributed by atoms with E-state index in [4.69, 9.17) is 0 Å². The van der Waals surface area contributed by atoms with E-state index in [0.29, 0.717) is 0 Å². The number of amides is 1. The molecular formula is C25H24N4OS. The lowest BCUT2D eigenvalue weighted by Crippen LogP contribution is -2.15. The van der Waals surface area contributed by atoms with Crippen LogP contribution in [0.1, 0.15) is 12.5 Å². The third kappa shape index (κ3) is 4.86. The van der Waals surface area contributed by atoms with Crippen LogP contribution in [0.3, 0.4) is 0 Å². The Morgan fingerprint density at radius 2 is 1.61 bits per heavy atom. The van der Waals surface area contributed by atoms with Crippen LogP contribution < -0.4 is 5.32 Å². The summed E-state index contributed by atoms with van der Waals surface area (Å²) < 4.78 is 2.04. The topological polar surface area (TPSA) is 59.8 Å². The molecule has 0 atom stereocenters. The molecule has 4 rings (SSSR count). The molecule has 0 bridgehead atoms. The summed E-state index contributed by atoms with van der Waals surface area (Å²) in [5, 5.41) is 12.5. The monoisotopic (exact) mass is 428 g/mol. The summed E-state index contributed by atoms with van der Waals surface area (Å²) in [6.45, 7) is 4.85. The standard InChI is InChI=1S/C25H24N4OS/c1-3-29-24(20-15-13-18(2)14-16-20)27-28-25(29)31-17-23(30)26-22-12-8-7-11-21(22)19-9-5-4-6-10-19/h4-16H,3,17H2,1-2H3,(H,26,30). The Hall–Kier alpha value is -3.38. The van der Waals surface area contributed by atoms with E-state index in [9.17, 15) is 4.79 Å². The highest BCUT2D eigenvalue weighted by atomic mass is 32.2. The van der Waals surface area contributed by atoms with E-state index in [2.05, 4.69) is 41.5 Å². The van der Waals surface area contributed by atoms with Crippen LogP contribution in [-0.2, 0) is 11.3 Å². The van der Waals surface area contributed by atoms with E-state index >= 15 is 0 Å². The quantitative estimate of drug-likeness (QED) is 0.385. The first kappa shape index (κ1) is 20.9.